The Kier molecular flexibility index (Phi) is 3.69. The third kappa shape index (κ3) is 2.72. The van der Waals surface area contributed by atoms with Gasteiger partial charge in [0, 0.05) is 18.1 Å². The molecule has 6 heteroatoms. The van der Waals surface area contributed by atoms with E-state index >= 15 is 0 Å². The first-order valence-corrected chi connectivity index (χ1v) is 6.09. The van der Waals surface area contributed by atoms with Gasteiger partial charge in [-0.15, -0.1) is 11.3 Å². The average molecular weight is 261 g/mol. The van der Waals surface area contributed by atoms with E-state index in [0.29, 0.717) is 0 Å². The molecule has 2 aromatic rings. The Morgan fingerprint density at radius 2 is 2.28 bits per heavy atom. The fraction of sp³-hybridized carbons (Fsp3) is 0.0833. The van der Waals surface area contributed by atoms with Crippen molar-refractivity contribution in [3.63, 3.8) is 0 Å². The Balaban J connectivity index is 2.09. The largest absolute Gasteiger partial charge is 0.318 e. The lowest BCUT2D eigenvalue weighted by Gasteiger charge is -2.01. The van der Waals surface area contributed by atoms with Crippen LogP contribution in [-0.4, -0.2) is 16.7 Å². The van der Waals surface area contributed by atoms with Crippen LogP contribution < -0.4 is 11.0 Å². The summed E-state index contributed by atoms with van der Waals surface area (Å²) in [6.45, 7) is 0. The third-order valence-electron chi connectivity index (χ3n) is 2.27. The molecule has 0 atom stereocenters. The van der Waals surface area contributed by atoms with Crippen molar-refractivity contribution in [2.45, 2.75) is 0 Å². The summed E-state index contributed by atoms with van der Waals surface area (Å²) in [6.07, 6.45) is 3.13. The molecule has 0 saturated carbocycles. The Morgan fingerprint density at radius 1 is 1.44 bits per heavy atom. The van der Waals surface area contributed by atoms with Gasteiger partial charge in [-0.2, -0.15) is 5.10 Å². The Hall–Kier alpha value is -2.21. The van der Waals surface area contributed by atoms with Gasteiger partial charge in [-0.25, -0.2) is 5.43 Å². The molecular weight excluding hydrogens is 250 g/mol. The number of hydrogen-bond donors (Lipinski definition) is 1. The summed E-state index contributed by atoms with van der Waals surface area (Å²) in [4.78, 5) is 24.3. The van der Waals surface area contributed by atoms with Gasteiger partial charge >= 0.3 is 0 Å². The van der Waals surface area contributed by atoms with Crippen molar-refractivity contribution in [2.24, 2.45) is 12.1 Å². The summed E-state index contributed by atoms with van der Waals surface area (Å²) < 4.78 is 1.35. The zero-order chi connectivity index (χ0) is 13.0. The standard InChI is InChI=1S/C12H11N3O2S/c1-15-6-2-5-10(12(15)17)11(16)14-13-8-9-4-3-7-18-9/h2-8H,1H3,(H,14,16)/b13-8-. The van der Waals surface area contributed by atoms with Crippen LogP contribution in [0.3, 0.4) is 0 Å². The van der Waals surface area contributed by atoms with E-state index < -0.39 is 5.91 Å². The summed E-state index contributed by atoms with van der Waals surface area (Å²) >= 11 is 1.51. The molecule has 5 nitrogen and oxygen atoms in total. The lowest BCUT2D eigenvalue weighted by molar-refractivity contribution is 0.0953. The number of amides is 1. The summed E-state index contributed by atoms with van der Waals surface area (Å²) in [5, 5.41) is 5.71. The highest BCUT2D eigenvalue weighted by atomic mass is 32.1. The van der Waals surface area contributed by atoms with Gasteiger partial charge in [-0.3, -0.25) is 9.59 Å². The predicted molar refractivity (Wildman–Crippen MR) is 71.1 cm³/mol. The van der Waals surface area contributed by atoms with Crippen molar-refractivity contribution < 1.29 is 4.79 Å². The monoisotopic (exact) mass is 261 g/mol. The number of nitrogens with zero attached hydrogens (tertiary/aromatic N) is 2. The van der Waals surface area contributed by atoms with Gasteiger partial charge in [-0.1, -0.05) is 6.07 Å². The highest BCUT2D eigenvalue weighted by Gasteiger charge is 2.09. The summed E-state index contributed by atoms with van der Waals surface area (Å²) in [5.74, 6) is -0.510. The van der Waals surface area contributed by atoms with E-state index in [0.717, 1.165) is 4.88 Å². The molecule has 1 amide bonds. The number of aryl methyl sites for hydroxylation is 1. The molecule has 2 heterocycles. The quantitative estimate of drug-likeness (QED) is 0.666. The fourth-order valence-corrected chi connectivity index (χ4v) is 1.93. The van der Waals surface area contributed by atoms with Crippen LogP contribution in [0.25, 0.3) is 0 Å². The lowest BCUT2D eigenvalue weighted by Crippen LogP contribution is -2.29. The molecule has 0 unspecified atom stereocenters. The topological polar surface area (TPSA) is 63.5 Å². The molecule has 92 valence electrons. The highest BCUT2D eigenvalue weighted by molar-refractivity contribution is 7.11. The molecule has 0 saturated heterocycles. The van der Waals surface area contributed by atoms with E-state index in [1.54, 1.807) is 19.3 Å². The summed E-state index contributed by atoms with van der Waals surface area (Å²) in [7, 11) is 1.59. The smallest absolute Gasteiger partial charge is 0.276 e. The van der Waals surface area contributed by atoms with E-state index in [-0.39, 0.29) is 11.1 Å². The number of aromatic nitrogens is 1. The van der Waals surface area contributed by atoms with E-state index in [4.69, 9.17) is 0 Å². The van der Waals surface area contributed by atoms with Crippen molar-refractivity contribution in [3.8, 4) is 0 Å². The molecule has 0 aromatic carbocycles. The fourth-order valence-electron chi connectivity index (χ4n) is 1.35. The molecule has 0 aliphatic carbocycles. The first-order chi connectivity index (χ1) is 8.68. The van der Waals surface area contributed by atoms with Gasteiger partial charge in [0.05, 0.1) is 6.21 Å². The Morgan fingerprint density at radius 3 is 3.00 bits per heavy atom. The molecule has 0 fully saturated rings. The number of nitrogens with one attached hydrogen (secondary N) is 1. The van der Waals surface area contributed by atoms with Gasteiger partial charge in [-0.05, 0) is 23.6 Å². The maximum absolute atomic E-state index is 11.7. The number of rotatable bonds is 3. The Bertz CT molecular complexity index is 629. The van der Waals surface area contributed by atoms with Crippen molar-refractivity contribution in [1.82, 2.24) is 9.99 Å². The van der Waals surface area contributed by atoms with Crippen LogP contribution in [0.5, 0.6) is 0 Å². The van der Waals surface area contributed by atoms with E-state index in [1.807, 2.05) is 17.5 Å². The molecule has 2 rings (SSSR count). The number of pyridine rings is 1. The van der Waals surface area contributed by atoms with Crippen LogP contribution in [0.1, 0.15) is 15.2 Å². The van der Waals surface area contributed by atoms with Crippen LogP contribution in [0.2, 0.25) is 0 Å². The zero-order valence-electron chi connectivity index (χ0n) is 9.66. The number of carbonyl (C=O) groups excluding carboxylic acids is 1. The molecule has 18 heavy (non-hydrogen) atoms. The summed E-state index contributed by atoms with van der Waals surface area (Å²) in [5.41, 5.74) is 2.06. The normalized spacial score (nSPS) is 10.7. The minimum absolute atomic E-state index is 0.0725. The van der Waals surface area contributed by atoms with Crippen molar-refractivity contribution in [3.05, 3.63) is 56.6 Å². The lowest BCUT2D eigenvalue weighted by atomic mass is 10.2. The summed E-state index contributed by atoms with van der Waals surface area (Å²) in [6, 6.07) is 6.88. The second kappa shape index (κ2) is 5.42. The minimum Gasteiger partial charge on any atom is -0.318 e. The van der Waals surface area contributed by atoms with Crippen LogP contribution in [0.15, 0.2) is 45.7 Å². The third-order valence-corrected chi connectivity index (χ3v) is 3.08. The van der Waals surface area contributed by atoms with Crippen molar-refractivity contribution in [2.75, 3.05) is 0 Å². The molecular formula is C12H11N3O2S. The minimum atomic E-state index is -0.510. The van der Waals surface area contributed by atoms with E-state index in [9.17, 15) is 9.59 Å². The van der Waals surface area contributed by atoms with Crippen LogP contribution in [0.4, 0.5) is 0 Å². The Labute approximate surface area is 107 Å². The highest BCUT2D eigenvalue weighted by Crippen LogP contribution is 2.04. The van der Waals surface area contributed by atoms with Gasteiger partial charge in [0.2, 0.25) is 0 Å². The number of carbonyl (C=O) groups is 1. The van der Waals surface area contributed by atoms with Gasteiger partial charge < -0.3 is 4.57 Å². The number of thiophene rings is 1. The zero-order valence-corrected chi connectivity index (χ0v) is 10.5. The molecule has 0 aliphatic heterocycles. The van der Waals surface area contributed by atoms with Crippen LogP contribution in [0, 0.1) is 0 Å². The van der Waals surface area contributed by atoms with Gasteiger partial charge in [0.15, 0.2) is 0 Å². The second-order valence-electron chi connectivity index (χ2n) is 3.55. The average Bonchev–Trinajstić information content (AvgIpc) is 2.85. The van der Waals surface area contributed by atoms with Crippen LogP contribution in [-0.2, 0) is 7.05 Å². The maximum Gasteiger partial charge on any atom is 0.276 e. The van der Waals surface area contributed by atoms with Crippen molar-refractivity contribution in [1.29, 1.82) is 0 Å². The maximum atomic E-state index is 11.7. The second-order valence-corrected chi connectivity index (χ2v) is 4.53. The molecule has 0 bridgehead atoms. The number of hydrogen-bond acceptors (Lipinski definition) is 4. The molecule has 1 N–H and O–H groups in total. The van der Waals surface area contributed by atoms with E-state index in [1.165, 1.54) is 28.2 Å². The van der Waals surface area contributed by atoms with E-state index in [2.05, 4.69) is 10.5 Å². The molecule has 2 aromatic heterocycles. The number of hydrazone groups is 1. The van der Waals surface area contributed by atoms with Crippen molar-refractivity contribution >= 4 is 23.5 Å². The first kappa shape index (κ1) is 12.3. The molecule has 0 spiro atoms. The first-order valence-electron chi connectivity index (χ1n) is 5.21. The predicted octanol–water partition coefficient (Wildman–Crippen LogP) is 1.21. The van der Waals surface area contributed by atoms with Gasteiger partial charge in [0.1, 0.15) is 5.56 Å². The van der Waals surface area contributed by atoms with Crippen LogP contribution >= 0.6 is 11.3 Å². The molecule has 0 radical (unpaired) electrons. The van der Waals surface area contributed by atoms with Gasteiger partial charge in [0.25, 0.3) is 11.5 Å². The SMILES string of the molecule is Cn1cccc(C(=O)N/N=C\c2cccs2)c1=O. The molecule has 0 aliphatic rings.